The van der Waals surface area contributed by atoms with E-state index in [1.54, 1.807) is 6.92 Å². The fourth-order valence-corrected chi connectivity index (χ4v) is 0.982. The number of carbonyl (C=O) groups excluding carboxylic acids is 1. The van der Waals surface area contributed by atoms with Gasteiger partial charge in [-0.3, -0.25) is 4.79 Å². The highest BCUT2D eigenvalue weighted by Crippen LogP contribution is 2.10. The number of hydrogen-bond acceptors (Lipinski definition) is 3. The summed E-state index contributed by atoms with van der Waals surface area (Å²) in [6.45, 7) is 9.69. The summed E-state index contributed by atoms with van der Waals surface area (Å²) >= 11 is 0. The molecule has 0 aromatic heterocycles. The molecule has 1 atom stereocenters. The van der Waals surface area contributed by atoms with Crippen LogP contribution in [0.1, 0.15) is 34.6 Å². The molecular formula is C10H22N2O2. The number of carbonyl (C=O) groups is 1. The van der Waals surface area contributed by atoms with Gasteiger partial charge in [-0.2, -0.15) is 0 Å². The second-order valence-electron chi connectivity index (χ2n) is 4.39. The summed E-state index contributed by atoms with van der Waals surface area (Å²) in [4.78, 5) is 11.5. The van der Waals surface area contributed by atoms with Crippen LogP contribution in [0.5, 0.6) is 0 Å². The van der Waals surface area contributed by atoms with Crippen LogP contribution in [-0.2, 0) is 9.53 Å². The van der Waals surface area contributed by atoms with Crippen LogP contribution in [-0.4, -0.2) is 30.2 Å². The summed E-state index contributed by atoms with van der Waals surface area (Å²) in [6.07, 6.45) is -0.462. The molecule has 0 spiro atoms. The molecule has 0 radical (unpaired) electrons. The summed E-state index contributed by atoms with van der Waals surface area (Å²) in [5.74, 6) is -0.0958. The molecule has 1 unspecified atom stereocenters. The van der Waals surface area contributed by atoms with E-state index in [1.807, 2.05) is 27.7 Å². The van der Waals surface area contributed by atoms with Crippen LogP contribution in [0.25, 0.3) is 0 Å². The van der Waals surface area contributed by atoms with E-state index < -0.39 is 11.7 Å². The zero-order chi connectivity index (χ0) is 11.4. The maximum atomic E-state index is 11.5. The van der Waals surface area contributed by atoms with E-state index in [1.165, 1.54) is 0 Å². The van der Waals surface area contributed by atoms with Gasteiger partial charge in [-0.05, 0) is 34.6 Å². The monoisotopic (exact) mass is 202 g/mol. The minimum atomic E-state index is -0.462. The van der Waals surface area contributed by atoms with Crippen molar-refractivity contribution >= 4 is 5.91 Å². The predicted octanol–water partition coefficient (Wildman–Crippen LogP) is 0.653. The molecule has 0 saturated heterocycles. The molecule has 0 aliphatic heterocycles. The minimum absolute atomic E-state index is 0.0958. The molecule has 4 heteroatoms. The molecule has 14 heavy (non-hydrogen) atoms. The number of nitrogens with two attached hydrogens (primary N) is 1. The summed E-state index contributed by atoms with van der Waals surface area (Å²) in [7, 11) is 0. The average molecular weight is 202 g/mol. The molecule has 1 amide bonds. The van der Waals surface area contributed by atoms with Crippen LogP contribution in [0.15, 0.2) is 0 Å². The third-order valence-corrected chi connectivity index (χ3v) is 1.79. The Morgan fingerprint density at radius 1 is 1.43 bits per heavy atom. The van der Waals surface area contributed by atoms with E-state index in [9.17, 15) is 4.79 Å². The first-order chi connectivity index (χ1) is 6.28. The molecule has 0 aromatic carbocycles. The molecule has 0 bridgehead atoms. The van der Waals surface area contributed by atoms with E-state index >= 15 is 0 Å². The van der Waals surface area contributed by atoms with Crippen molar-refractivity contribution in [1.29, 1.82) is 0 Å². The fourth-order valence-electron chi connectivity index (χ4n) is 0.982. The molecule has 4 nitrogen and oxygen atoms in total. The lowest BCUT2D eigenvalue weighted by atomic mass is 10.1. The highest BCUT2D eigenvalue weighted by Gasteiger charge is 2.23. The van der Waals surface area contributed by atoms with Crippen LogP contribution in [0.4, 0.5) is 0 Å². The van der Waals surface area contributed by atoms with Crippen LogP contribution in [0.2, 0.25) is 0 Å². The highest BCUT2D eigenvalue weighted by molar-refractivity contribution is 5.80. The van der Waals surface area contributed by atoms with Gasteiger partial charge in [0.2, 0.25) is 5.91 Å². The van der Waals surface area contributed by atoms with Crippen molar-refractivity contribution in [3.8, 4) is 0 Å². The number of rotatable bonds is 5. The first kappa shape index (κ1) is 13.4. The number of amides is 1. The standard InChI is InChI=1S/C10H22N2O2/c1-7(2)12-9(13)8(3)14-10(4,5)6-11/h7-8H,6,11H2,1-5H3,(H,12,13). The first-order valence-electron chi connectivity index (χ1n) is 4.97. The minimum Gasteiger partial charge on any atom is -0.362 e. The zero-order valence-electron chi connectivity index (χ0n) is 9.76. The SMILES string of the molecule is CC(C)NC(=O)C(C)OC(C)(C)CN. The van der Waals surface area contributed by atoms with E-state index in [-0.39, 0.29) is 11.9 Å². The normalized spacial score (nSPS) is 14.2. The molecule has 0 saturated carbocycles. The summed E-state index contributed by atoms with van der Waals surface area (Å²) in [6, 6.07) is 0.134. The van der Waals surface area contributed by atoms with E-state index in [0.29, 0.717) is 6.54 Å². The summed E-state index contributed by atoms with van der Waals surface area (Å²) in [5, 5.41) is 2.78. The molecule has 0 heterocycles. The molecular weight excluding hydrogens is 180 g/mol. The van der Waals surface area contributed by atoms with E-state index in [0.717, 1.165) is 0 Å². The quantitative estimate of drug-likeness (QED) is 0.688. The third-order valence-electron chi connectivity index (χ3n) is 1.79. The molecule has 0 fully saturated rings. The van der Waals surface area contributed by atoms with Crippen LogP contribution in [0.3, 0.4) is 0 Å². The smallest absolute Gasteiger partial charge is 0.249 e. The van der Waals surface area contributed by atoms with Crippen molar-refractivity contribution in [2.45, 2.75) is 52.4 Å². The second kappa shape index (κ2) is 5.32. The molecule has 84 valence electrons. The number of ether oxygens (including phenoxy) is 1. The van der Waals surface area contributed by atoms with Gasteiger partial charge < -0.3 is 15.8 Å². The Morgan fingerprint density at radius 2 is 1.93 bits per heavy atom. The Kier molecular flexibility index (Phi) is 5.08. The second-order valence-corrected chi connectivity index (χ2v) is 4.39. The van der Waals surface area contributed by atoms with Gasteiger partial charge >= 0.3 is 0 Å². The Hall–Kier alpha value is -0.610. The maximum absolute atomic E-state index is 11.5. The molecule has 0 aliphatic rings. The Bertz CT molecular complexity index is 191. The Balaban J connectivity index is 4.07. The molecule has 0 aromatic rings. The lowest BCUT2D eigenvalue weighted by Gasteiger charge is -2.27. The van der Waals surface area contributed by atoms with Gasteiger partial charge in [-0.1, -0.05) is 0 Å². The van der Waals surface area contributed by atoms with E-state index in [4.69, 9.17) is 10.5 Å². The van der Waals surface area contributed by atoms with Gasteiger partial charge in [0.1, 0.15) is 6.10 Å². The van der Waals surface area contributed by atoms with Crippen molar-refractivity contribution in [2.75, 3.05) is 6.54 Å². The average Bonchev–Trinajstić information content (AvgIpc) is 2.02. The fraction of sp³-hybridized carbons (Fsp3) is 0.900. The van der Waals surface area contributed by atoms with Crippen LogP contribution < -0.4 is 11.1 Å². The van der Waals surface area contributed by atoms with Crippen molar-refractivity contribution in [3.63, 3.8) is 0 Å². The number of hydrogen-bond donors (Lipinski definition) is 2. The van der Waals surface area contributed by atoms with Gasteiger partial charge in [-0.25, -0.2) is 0 Å². The Labute approximate surface area is 86.2 Å². The van der Waals surface area contributed by atoms with Gasteiger partial charge in [-0.15, -0.1) is 0 Å². The van der Waals surface area contributed by atoms with Gasteiger partial charge in [0.25, 0.3) is 0 Å². The lowest BCUT2D eigenvalue weighted by molar-refractivity contribution is -0.141. The molecule has 0 rings (SSSR count). The number of nitrogens with one attached hydrogen (secondary N) is 1. The molecule has 0 aliphatic carbocycles. The predicted molar refractivity (Wildman–Crippen MR) is 57.0 cm³/mol. The van der Waals surface area contributed by atoms with E-state index in [2.05, 4.69) is 5.32 Å². The third kappa shape index (κ3) is 5.19. The lowest BCUT2D eigenvalue weighted by Crippen LogP contribution is -2.45. The zero-order valence-corrected chi connectivity index (χ0v) is 9.76. The van der Waals surface area contributed by atoms with Crippen molar-refractivity contribution in [3.05, 3.63) is 0 Å². The van der Waals surface area contributed by atoms with Crippen molar-refractivity contribution in [1.82, 2.24) is 5.32 Å². The largest absolute Gasteiger partial charge is 0.362 e. The topological polar surface area (TPSA) is 64.3 Å². The van der Waals surface area contributed by atoms with Gasteiger partial charge in [0.15, 0.2) is 0 Å². The van der Waals surface area contributed by atoms with Gasteiger partial charge in [0, 0.05) is 12.6 Å². The maximum Gasteiger partial charge on any atom is 0.249 e. The van der Waals surface area contributed by atoms with Gasteiger partial charge in [0.05, 0.1) is 5.60 Å². The summed E-state index contributed by atoms with van der Waals surface area (Å²) in [5.41, 5.74) is 5.05. The van der Waals surface area contributed by atoms with Crippen LogP contribution in [0, 0.1) is 0 Å². The Morgan fingerprint density at radius 3 is 2.29 bits per heavy atom. The van der Waals surface area contributed by atoms with Crippen molar-refractivity contribution in [2.24, 2.45) is 5.73 Å². The van der Waals surface area contributed by atoms with Crippen LogP contribution >= 0.6 is 0 Å². The molecule has 3 N–H and O–H groups in total. The highest BCUT2D eigenvalue weighted by atomic mass is 16.5. The first-order valence-corrected chi connectivity index (χ1v) is 4.97. The van der Waals surface area contributed by atoms with Crippen molar-refractivity contribution < 1.29 is 9.53 Å². The summed E-state index contributed by atoms with van der Waals surface area (Å²) < 4.78 is 5.51.